The Morgan fingerprint density at radius 3 is 2.47 bits per heavy atom. The van der Waals surface area contributed by atoms with Crippen LogP contribution >= 0.6 is 0 Å². The van der Waals surface area contributed by atoms with E-state index in [4.69, 9.17) is 9.52 Å². The molecule has 0 bridgehead atoms. The molecule has 0 saturated carbocycles. The Hall–Kier alpha value is -0.840. The van der Waals surface area contributed by atoms with Gasteiger partial charge in [-0.3, -0.25) is 0 Å². The molecule has 3 N–H and O–H groups in total. The third kappa shape index (κ3) is 3.34. The number of furan rings is 1. The van der Waals surface area contributed by atoms with Crippen molar-refractivity contribution in [2.24, 2.45) is 0 Å². The van der Waals surface area contributed by atoms with E-state index in [1.165, 1.54) is 0 Å². The highest BCUT2D eigenvalue weighted by molar-refractivity contribution is 5.06. The van der Waals surface area contributed by atoms with Crippen molar-refractivity contribution in [1.29, 1.82) is 0 Å². The van der Waals surface area contributed by atoms with E-state index in [-0.39, 0.29) is 18.8 Å². The zero-order chi connectivity index (χ0) is 11.3. The molecule has 1 unspecified atom stereocenters. The summed E-state index contributed by atoms with van der Waals surface area (Å²) in [6.07, 6.45) is 0.844. The van der Waals surface area contributed by atoms with Gasteiger partial charge in [-0.1, -0.05) is 6.92 Å². The van der Waals surface area contributed by atoms with Crippen molar-refractivity contribution in [2.45, 2.75) is 39.0 Å². The summed E-state index contributed by atoms with van der Waals surface area (Å²) in [6.45, 7) is 4.56. The quantitative estimate of drug-likeness (QED) is 0.660. The number of aliphatic hydroxyl groups excluding tert-OH is 2. The Labute approximate surface area is 89.9 Å². The molecule has 0 aliphatic carbocycles. The summed E-state index contributed by atoms with van der Waals surface area (Å²) in [4.78, 5) is 0. The molecule has 1 atom stereocenters. The molecular formula is C11H19NO3. The second-order valence-corrected chi connectivity index (χ2v) is 3.95. The fourth-order valence-electron chi connectivity index (χ4n) is 1.20. The van der Waals surface area contributed by atoms with E-state index in [2.05, 4.69) is 5.32 Å². The van der Waals surface area contributed by atoms with Crippen LogP contribution in [-0.2, 0) is 13.2 Å². The first kappa shape index (κ1) is 12.2. The molecule has 0 saturated heterocycles. The Kier molecular flexibility index (Phi) is 4.32. The van der Waals surface area contributed by atoms with Crippen LogP contribution in [0.15, 0.2) is 16.5 Å². The maximum Gasteiger partial charge on any atom is 0.129 e. The van der Waals surface area contributed by atoms with Crippen molar-refractivity contribution in [3.05, 3.63) is 23.7 Å². The van der Waals surface area contributed by atoms with Gasteiger partial charge in [0.15, 0.2) is 0 Å². The summed E-state index contributed by atoms with van der Waals surface area (Å²) < 4.78 is 5.32. The van der Waals surface area contributed by atoms with Gasteiger partial charge < -0.3 is 19.9 Å². The van der Waals surface area contributed by atoms with Crippen LogP contribution in [0.2, 0.25) is 0 Å². The molecule has 1 aromatic rings. The molecule has 4 nitrogen and oxygen atoms in total. The lowest BCUT2D eigenvalue weighted by Crippen LogP contribution is -2.44. The van der Waals surface area contributed by atoms with E-state index >= 15 is 0 Å². The third-order valence-corrected chi connectivity index (χ3v) is 2.69. The van der Waals surface area contributed by atoms with Crippen molar-refractivity contribution < 1.29 is 14.6 Å². The SMILES string of the molecule is CCC(C)(CO)NCc1ccc(CO)o1. The van der Waals surface area contributed by atoms with Gasteiger partial charge in [0.1, 0.15) is 18.1 Å². The standard InChI is InChI=1S/C11H19NO3/c1-3-11(2,8-14)12-6-9-4-5-10(7-13)15-9/h4-5,12-14H,3,6-8H2,1-2H3. The molecule has 0 aliphatic heterocycles. The van der Waals surface area contributed by atoms with Crippen LogP contribution in [0.1, 0.15) is 31.8 Å². The van der Waals surface area contributed by atoms with E-state index < -0.39 is 0 Å². The fraction of sp³-hybridized carbons (Fsp3) is 0.636. The van der Waals surface area contributed by atoms with Crippen LogP contribution < -0.4 is 5.32 Å². The number of hydrogen-bond donors (Lipinski definition) is 3. The van der Waals surface area contributed by atoms with Crippen molar-refractivity contribution >= 4 is 0 Å². The Morgan fingerprint density at radius 1 is 1.33 bits per heavy atom. The van der Waals surface area contributed by atoms with Crippen LogP contribution in [-0.4, -0.2) is 22.4 Å². The Bertz CT molecular complexity index is 292. The van der Waals surface area contributed by atoms with Gasteiger partial charge in [0.25, 0.3) is 0 Å². The average Bonchev–Trinajstić information content (AvgIpc) is 2.74. The van der Waals surface area contributed by atoms with Gasteiger partial charge >= 0.3 is 0 Å². The summed E-state index contributed by atoms with van der Waals surface area (Å²) in [5, 5.41) is 21.2. The first-order chi connectivity index (χ1) is 7.13. The molecule has 15 heavy (non-hydrogen) atoms. The summed E-state index contributed by atoms with van der Waals surface area (Å²) >= 11 is 0. The van der Waals surface area contributed by atoms with Gasteiger partial charge in [0.05, 0.1) is 13.2 Å². The minimum absolute atomic E-state index is 0.0783. The van der Waals surface area contributed by atoms with Gasteiger partial charge in [0.2, 0.25) is 0 Å². The lowest BCUT2D eigenvalue weighted by molar-refractivity contribution is 0.165. The maximum atomic E-state index is 9.18. The lowest BCUT2D eigenvalue weighted by Gasteiger charge is -2.26. The summed E-state index contributed by atoms with van der Waals surface area (Å²) in [6, 6.07) is 3.57. The van der Waals surface area contributed by atoms with E-state index in [0.29, 0.717) is 12.3 Å². The molecular weight excluding hydrogens is 194 g/mol. The second kappa shape index (κ2) is 5.30. The third-order valence-electron chi connectivity index (χ3n) is 2.69. The summed E-state index contributed by atoms with van der Waals surface area (Å²) in [5.41, 5.74) is -0.272. The zero-order valence-corrected chi connectivity index (χ0v) is 9.29. The van der Waals surface area contributed by atoms with Crippen LogP contribution in [0.4, 0.5) is 0 Å². The van der Waals surface area contributed by atoms with E-state index in [9.17, 15) is 5.11 Å². The molecule has 1 heterocycles. The normalized spacial score (nSPS) is 15.2. The van der Waals surface area contributed by atoms with Gasteiger partial charge in [-0.25, -0.2) is 0 Å². The predicted octanol–water partition coefficient (Wildman–Crippen LogP) is 1.02. The highest BCUT2D eigenvalue weighted by Gasteiger charge is 2.20. The Morgan fingerprint density at radius 2 is 2.00 bits per heavy atom. The molecule has 1 rings (SSSR count). The molecule has 0 aliphatic rings. The molecule has 0 radical (unpaired) electrons. The van der Waals surface area contributed by atoms with Gasteiger partial charge in [-0.2, -0.15) is 0 Å². The fourth-order valence-corrected chi connectivity index (χ4v) is 1.20. The smallest absolute Gasteiger partial charge is 0.129 e. The molecule has 86 valence electrons. The average molecular weight is 213 g/mol. The Balaban J connectivity index is 2.49. The number of rotatable bonds is 6. The molecule has 0 spiro atoms. The highest BCUT2D eigenvalue weighted by Crippen LogP contribution is 2.12. The number of nitrogens with one attached hydrogen (secondary N) is 1. The molecule has 0 amide bonds. The zero-order valence-electron chi connectivity index (χ0n) is 9.29. The van der Waals surface area contributed by atoms with Gasteiger partial charge in [0, 0.05) is 5.54 Å². The van der Waals surface area contributed by atoms with Crippen LogP contribution in [0.25, 0.3) is 0 Å². The predicted molar refractivity (Wildman–Crippen MR) is 57.3 cm³/mol. The van der Waals surface area contributed by atoms with E-state index in [1.54, 1.807) is 6.07 Å². The van der Waals surface area contributed by atoms with Crippen molar-refractivity contribution in [3.8, 4) is 0 Å². The van der Waals surface area contributed by atoms with Crippen LogP contribution in [0, 0.1) is 0 Å². The van der Waals surface area contributed by atoms with Crippen LogP contribution in [0.3, 0.4) is 0 Å². The molecule has 0 fully saturated rings. The monoisotopic (exact) mass is 213 g/mol. The number of aliphatic hydroxyl groups is 2. The van der Waals surface area contributed by atoms with E-state index in [1.807, 2.05) is 19.9 Å². The highest BCUT2D eigenvalue weighted by atomic mass is 16.4. The minimum Gasteiger partial charge on any atom is -0.462 e. The molecule has 0 aromatic carbocycles. The van der Waals surface area contributed by atoms with Gasteiger partial charge in [-0.15, -0.1) is 0 Å². The maximum absolute atomic E-state index is 9.18. The van der Waals surface area contributed by atoms with E-state index in [0.717, 1.165) is 12.2 Å². The van der Waals surface area contributed by atoms with Crippen molar-refractivity contribution in [2.75, 3.05) is 6.61 Å². The topological polar surface area (TPSA) is 65.6 Å². The summed E-state index contributed by atoms with van der Waals surface area (Å²) in [5.74, 6) is 1.33. The molecule has 1 aromatic heterocycles. The number of hydrogen-bond acceptors (Lipinski definition) is 4. The second-order valence-electron chi connectivity index (χ2n) is 3.95. The largest absolute Gasteiger partial charge is 0.462 e. The first-order valence-electron chi connectivity index (χ1n) is 5.18. The summed E-state index contributed by atoms with van der Waals surface area (Å²) in [7, 11) is 0. The minimum atomic E-state index is -0.272. The lowest BCUT2D eigenvalue weighted by atomic mass is 10.0. The molecule has 4 heteroatoms. The van der Waals surface area contributed by atoms with Crippen LogP contribution in [0.5, 0.6) is 0 Å². The van der Waals surface area contributed by atoms with Crippen molar-refractivity contribution in [3.63, 3.8) is 0 Å². The van der Waals surface area contributed by atoms with Crippen molar-refractivity contribution in [1.82, 2.24) is 5.32 Å². The van der Waals surface area contributed by atoms with Gasteiger partial charge in [-0.05, 0) is 25.5 Å². The first-order valence-corrected chi connectivity index (χ1v) is 5.18.